The van der Waals surface area contributed by atoms with E-state index in [2.05, 4.69) is 31.1 Å². The minimum Gasteiger partial charge on any atom is -0.444 e. The fourth-order valence-corrected chi connectivity index (χ4v) is 2.93. The summed E-state index contributed by atoms with van der Waals surface area (Å²) < 4.78 is 5.97. The lowest BCUT2D eigenvalue weighted by molar-refractivity contribution is 0.312. The lowest BCUT2D eigenvalue weighted by Crippen LogP contribution is -2.20. The van der Waals surface area contributed by atoms with Crippen molar-refractivity contribution >= 4 is 0 Å². The summed E-state index contributed by atoms with van der Waals surface area (Å²) in [5.41, 5.74) is 0.281. The van der Waals surface area contributed by atoms with Crippen LogP contribution < -0.4 is 5.32 Å². The maximum Gasteiger partial charge on any atom is 0.208 e. The van der Waals surface area contributed by atoms with Gasteiger partial charge in [-0.25, -0.2) is 4.98 Å². The van der Waals surface area contributed by atoms with Gasteiger partial charge < -0.3 is 9.73 Å². The number of hydrogen-bond donors (Lipinski definition) is 1. The van der Waals surface area contributed by atoms with Crippen LogP contribution in [0.15, 0.2) is 10.6 Å². The van der Waals surface area contributed by atoms with E-state index in [1.807, 2.05) is 6.20 Å². The summed E-state index contributed by atoms with van der Waals surface area (Å²) in [5.74, 6) is 2.62. The Morgan fingerprint density at radius 1 is 1.39 bits per heavy atom. The molecule has 0 saturated heterocycles. The molecular weight excluding hydrogens is 224 g/mol. The Morgan fingerprint density at radius 2 is 2.11 bits per heavy atom. The molecule has 0 aromatic carbocycles. The molecule has 0 amide bonds. The number of nitrogens with one attached hydrogen (secondary N) is 1. The van der Waals surface area contributed by atoms with Gasteiger partial charge in [0.2, 0.25) is 5.89 Å². The van der Waals surface area contributed by atoms with Gasteiger partial charge in [-0.1, -0.05) is 33.6 Å². The molecule has 18 heavy (non-hydrogen) atoms. The second-order valence-corrected chi connectivity index (χ2v) is 5.98. The van der Waals surface area contributed by atoms with Gasteiger partial charge in [-0.05, 0) is 31.7 Å². The lowest BCUT2D eigenvalue weighted by atomic mass is 9.81. The van der Waals surface area contributed by atoms with Crippen molar-refractivity contribution in [3.05, 3.63) is 17.8 Å². The Morgan fingerprint density at radius 3 is 2.72 bits per heavy atom. The molecular formula is C15H26N2O. The summed E-state index contributed by atoms with van der Waals surface area (Å²) in [7, 11) is 0. The molecule has 0 bridgehead atoms. The third-order valence-corrected chi connectivity index (χ3v) is 4.14. The van der Waals surface area contributed by atoms with Gasteiger partial charge in [0.25, 0.3) is 0 Å². The lowest BCUT2D eigenvalue weighted by Gasteiger charge is -2.23. The fourth-order valence-electron chi connectivity index (χ4n) is 2.93. The minimum absolute atomic E-state index is 0.281. The third-order valence-electron chi connectivity index (χ3n) is 4.14. The summed E-state index contributed by atoms with van der Waals surface area (Å²) >= 11 is 0. The molecule has 0 radical (unpaired) electrons. The number of nitrogens with zero attached hydrogens (tertiary/aromatic N) is 1. The second-order valence-electron chi connectivity index (χ2n) is 5.98. The molecule has 2 rings (SSSR count). The average molecular weight is 250 g/mol. The highest BCUT2D eigenvalue weighted by Gasteiger charge is 2.37. The summed E-state index contributed by atoms with van der Waals surface area (Å²) in [6.07, 6.45) is 8.31. The predicted octanol–water partition coefficient (Wildman–Crippen LogP) is 3.64. The Kier molecular flexibility index (Phi) is 4.44. The van der Waals surface area contributed by atoms with E-state index in [4.69, 9.17) is 4.42 Å². The van der Waals surface area contributed by atoms with Gasteiger partial charge in [-0.2, -0.15) is 0 Å². The molecule has 1 fully saturated rings. The van der Waals surface area contributed by atoms with E-state index in [9.17, 15) is 0 Å². The molecule has 1 aromatic heterocycles. The predicted molar refractivity (Wildman–Crippen MR) is 73.5 cm³/mol. The molecule has 0 spiro atoms. The summed E-state index contributed by atoms with van der Waals surface area (Å²) in [6.45, 7) is 8.44. The van der Waals surface area contributed by atoms with E-state index in [1.165, 1.54) is 32.1 Å². The van der Waals surface area contributed by atoms with Crippen molar-refractivity contribution in [1.82, 2.24) is 10.3 Å². The summed E-state index contributed by atoms with van der Waals surface area (Å²) in [4.78, 5) is 4.42. The standard InChI is InChI=1S/C15H26N2O/c1-4-15(7-5-6-8-15)13-10-17-14(18-13)11-16-9-12(2)3/h10,12,16H,4-9,11H2,1-3H3. The van der Waals surface area contributed by atoms with Crippen LogP contribution in [0, 0.1) is 5.92 Å². The molecule has 0 aliphatic heterocycles. The van der Waals surface area contributed by atoms with Crippen molar-refractivity contribution in [3.63, 3.8) is 0 Å². The van der Waals surface area contributed by atoms with E-state index in [-0.39, 0.29) is 5.41 Å². The van der Waals surface area contributed by atoms with E-state index >= 15 is 0 Å². The first kappa shape index (κ1) is 13.6. The first-order chi connectivity index (χ1) is 8.66. The normalized spacial score (nSPS) is 18.7. The van der Waals surface area contributed by atoms with Crippen LogP contribution in [0.3, 0.4) is 0 Å². The zero-order valence-corrected chi connectivity index (χ0v) is 12.0. The molecule has 3 nitrogen and oxygen atoms in total. The first-order valence-corrected chi connectivity index (χ1v) is 7.32. The van der Waals surface area contributed by atoms with Crippen molar-refractivity contribution in [1.29, 1.82) is 0 Å². The molecule has 1 saturated carbocycles. The second kappa shape index (κ2) is 5.87. The molecule has 1 N–H and O–H groups in total. The van der Waals surface area contributed by atoms with Crippen molar-refractivity contribution in [2.75, 3.05) is 6.54 Å². The van der Waals surface area contributed by atoms with E-state index in [0.29, 0.717) is 5.92 Å². The largest absolute Gasteiger partial charge is 0.444 e. The maximum atomic E-state index is 5.97. The Balaban J connectivity index is 1.96. The zero-order valence-electron chi connectivity index (χ0n) is 12.0. The van der Waals surface area contributed by atoms with Gasteiger partial charge in [0.05, 0.1) is 12.7 Å². The van der Waals surface area contributed by atoms with Gasteiger partial charge in [-0.3, -0.25) is 0 Å². The van der Waals surface area contributed by atoms with Crippen LogP contribution >= 0.6 is 0 Å². The summed E-state index contributed by atoms with van der Waals surface area (Å²) in [5, 5.41) is 3.38. The van der Waals surface area contributed by atoms with Crippen LogP contribution in [0.1, 0.15) is 64.5 Å². The van der Waals surface area contributed by atoms with Gasteiger partial charge in [0, 0.05) is 5.41 Å². The number of oxazole rings is 1. The fraction of sp³-hybridized carbons (Fsp3) is 0.800. The molecule has 0 atom stereocenters. The van der Waals surface area contributed by atoms with E-state index in [0.717, 1.165) is 24.7 Å². The van der Waals surface area contributed by atoms with Gasteiger partial charge in [0.1, 0.15) is 5.76 Å². The zero-order chi connectivity index (χ0) is 13.0. The quantitative estimate of drug-likeness (QED) is 0.837. The third kappa shape index (κ3) is 2.94. The highest BCUT2D eigenvalue weighted by atomic mass is 16.4. The molecule has 0 unspecified atom stereocenters. The van der Waals surface area contributed by atoms with Crippen LogP contribution in [0.2, 0.25) is 0 Å². The topological polar surface area (TPSA) is 38.1 Å². The average Bonchev–Trinajstić information content (AvgIpc) is 2.97. The van der Waals surface area contributed by atoms with Crippen molar-refractivity contribution in [3.8, 4) is 0 Å². The van der Waals surface area contributed by atoms with Crippen molar-refractivity contribution in [2.45, 2.75) is 64.8 Å². The number of hydrogen-bond acceptors (Lipinski definition) is 3. The Labute approximate surface area is 110 Å². The molecule has 1 heterocycles. The van der Waals surface area contributed by atoms with Gasteiger partial charge in [0.15, 0.2) is 0 Å². The Hall–Kier alpha value is -0.830. The molecule has 1 aliphatic rings. The monoisotopic (exact) mass is 250 g/mol. The van der Waals surface area contributed by atoms with Crippen LogP contribution in [0.25, 0.3) is 0 Å². The highest BCUT2D eigenvalue weighted by molar-refractivity contribution is 5.13. The van der Waals surface area contributed by atoms with Crippen molar-refractivity contribution < 1.29 is 4.42 Å². The smallest absolute Gasteiger partial charge is 0.208 e. The molecule has 1 aromatic rings. The number of aromatic nitrogens is 1. The number of rotatable bonds is 6. The van der Waals surface area contributed by atoms with E-state index < -0.39 is 0 Å². The Bertz CT molecular complexity index is 364. The van der Waals surface area contributed by atoms with Gasteiger partial charge >= 0.3 is 0 Å². The SMILES string of the molecule is CCC1(c2cnc(CNCC(C)C)o2)CCCC1. The minimum atomic E-state index is 0.281. The molecule has 1 aliphatic carbocycles. The van der Waals surface area contributed by atoms with Crippen LogP contribution in [-0.4, -0.2) is 11.5 Å². The van der Waals surface area contributed by atoms with E-state index in [1.54, 1.807) is 0 Å². The first-order valence-electron chi connectivity index (χ1n) is 7.32. The van der Waals surface area contributed by atoms with Crippen LogP contribution in [0.5, 0.6) is 0 Å². The maximum absolute atomic E-state index is 5.97. The van der Waals surface area contributed by atoms with Crippen LogP contribution in [-0.2, 0) is 12.0 Å². The molecule has 3 heteroatoms. The highest BCUT2D eigenvalue weighted by Crippen LogP contribution is 2.43. The van der Waals surface area contributed by atoms with Gasteiger partial charge in [-0.15, -0.1) is 0 Å². The van der Waals surface area contributed by atoms with Crippen LogP contribution in [0.4, 0.5) is 0 Å². The molecule has 102 valence electrons. The summed E-state index contributed by atoms with van der Waals surface area (Å²) in [6, 6.07) is 0. The van der Waals surface area contributed by atoms with Crippen molar-refractivity contribution in [2.24, 2.45) is 5.92 Å².